The number of thiazole rings is 1. The van der Waals surface area contributed by atoms with Gasteiger partial charge in [0.05, 0.1) is 17.4 Å². The quantitative estimate of drug-likeness (QED) is 0.830. The number of ether oxygens (including phenoxy) is 1. The molecule has 1 saturated heterocycles. The second-order valence-electron chi connectivity index (χ2n) is 6.23. The van der Waals surface area contributed by atoms with Crippen molar-refractivity contribution in [1.29, 1.82) is 0 Å². The average Bonchev–Trinajstić information content (AvgIpc) is 3.20. The third kappa shape index (κ3) is 5.10. The van der Waals surface area contributed by atoms with Crippen molar-refractivity contribution in [2.75, 3.05) is 19.0 Å². The van der Waals surface area contributed by atoms with Crippen molar-refractivity contribution in [3.8, 4) is 0 Å². The molecule has 134 valence electrons. The van der Waals surface area contributed by atoms with Gasteiger partial charge in [0.2, 0.25) is 10.0 Å². The molecule has 1 atom stereocenters. The fourth-order valence-corrected chi connectivity index (χ4v) is 4.80. The molecule has 3 rings (SSSR count). The number of sulfonamides is 1. The number of carbonyl (C=O) groups is 1. The van der Waals surface area contributed by atoms with E-state index in [-0.39, 0.29) is 17.4 Å². The molecule has 1 fully saturated rings. The summed E-state index contributed by atoms with van der Waals surface area (Å²) in [6.45, 7) is 3.02. The second-order valence-corrected chi connectivity index (χ2v) is 8.94. The molecule has 0 saturated carbocycles. The molecule has 2 heterocycles. The zero-order valence-electron chi connectivity index (χ0n) is 13.9. The molecule has 0 spiro atoms. The molecule has 25 heavy (non-hydrogen) atoms. The first-order chi connectivity index (χ1) is 11.9. The van der Waals surface area contributed by atoms with Crippen LogP contribution < -0.4 is 4.72 Å². The van der Waals surface area contributed by atoms with Crippen molar-refractivity contribution in [3.63, 3.8) is 0 Å². The largest absolute Gasteiger partial charge is 0.381 e. The Balaban J connectivity index is 1.60. The highest BCUT2D eigenvalue weighted by atomic mass is 32.2. The Morgan fingerprint density at radius 3 is 2.80 bits per heavy atom. The highest BCUT2D eigenvalue weighted by molar-refractivity contribution is 7.90. The molecule has 1 aromatic carbocycles. The first-order valence-corrected chi connectivity index (χ1v) is 10.6. The van der Waals surface area contributed by atoms with Gasteiger partial charge in [-0.2, -0.15) is 0 Å². The van der Waals surface area contributed by atoms with Gasteiger partial charge in [-0.15, -0.1) is 11.3 Å². The summed E-state index contributed by atoms with van der Waals surface area (Å²) in [7, 11) is -3.68. The number of nitrogens with one attached hydrogen (secondary N) is 1. The summed E-state index contributed by atoms with van der Waals surface area (Å²) in [6, 6.07) is 8.08. The fourth-order valence-electron chi connectivity index (χ4n) is 2.64. The van der Waals surface area contributed by atoms with Gasteiger partial charge in [-0.3, -0.25) is 4.79 Å². The number of amides is 1. The number of hydrogen-bond donors (Lipinski definition) is 1. The van der Waals surface area contributed by atoms with Crippen LogP contribution >= 0.6 is 11.3 Å². The van der Waals surface area contributed by atoms with Crippen molar-refractivity contribution in [1.82, 2.24) is 9.71 Å². The first-order valence-electron chi connectivity index (χ1n) is 8.04. The minimum absolute atomic E-state index is 0.0576. The SMILES string of the molecule is Cc1ccc(Cc2nc(C(=O)NS(=O)(=O)C[C@@H]3CCOC3)cs2)cc1. The molecule has 1 aliphatic rings. The summed E-state index contributed by atoms with van der Waals surface area (Å²) in [5.41, 5.74) is 2.42. The Kier molecular flexibility index (Phi) is 5.51. The molecule has 0 unspecified atom stereocenters. The molecule has 8 heteroatoms. The van der Waals surface area contributed by atoms with E-state index in [0.717, 1.165) is 10.6 Å². The van der Waals surface area contributed by atoms with E-state index in [1.54, 1.807) is 5.38 Å². The van der Waals surface area contributed by atoms with Crippen LogP contribution in [-0.2, 0) is 21.2 Å². The zero-order chi connectivity index (χ0) is 17.9. The van der Waals surface area contributed by atoms with Crippen molar-refractivity contribution >= 4 is 27.3 Å². The van der Waals surface area contributed by atoms with E-state index in [1.165, 1.54) is 16.9 Å². The van der Waals surface area contributed by atoms with Gasteiger partial charge >= 0.3 is 0 Å². The topological polar surface area (TPSA) is 85.4 Å². The number of hydrogen-bond acceptors (Lipinski definition) is 6. The molecule has 0 bridgehead atoms. The zero-order valence-corrected chi connectivity index (χ0v) is 15.5. The molecule has 1 N–H and O–H groups in total. The number of carbonyl (C=O) groups excluding carboxylic acids is 1. The minimum Gasteiger partial charge on any atom is -0.381 e. The predicted molar refractivity (Wildman–Crippen MR) is 96.3 cm³/mol. The van der Waals surface area contributed by atoms with Crippen LogP contribution in [0.15, 0.2) is 29.6 Å². The summed E-state index contributed by atoms with van der Waals surface area (Å²) < 4.78 is 31.5. The van der Waals surface area contributed by atoms with E-state index in [0.29, 0.717) is 26.1 Å². The number of nitrogens with zero attached hydrogens (tertiary/aromatic N) is 1. The Hall–Kier alpha value is -1.77. The maximum Gasteiger partial charge on any atom is 0.284 e. The van der Waals surface area contributed by atoms with Gasteiger partial charge in [0.1, 0.15) is 5.69 Å². The van der Waals surface area contributed by atoms with E-state index in [1.807, 2.05) is 31.2 Å². The van der Waals surface area contributed by atoms with Crippen LogP contribution in [-0.4, -0.2) is 38.3 Å². The summed E-state index contributed by atoms with van der Waals surface area (Å²) in [6.07, 6.45) is 1.32. The lowest BCUT2D eigenvalue weighted by Gasteiger charge is -2.09. The van der Waals surface area contributed by atoms with Gasteiger partial charge in [-0.05, 0) is 18.9 Å². The smallest absolute Gasteiger partial charge is 0.284 e. The third-order valence-corrected chi connectivity index (χ3v) is 6.24. The Labute approximate surface area is 151 Å². The van der Waals surface area contributed by atoms with Gasteiger partial charge in [-0.25, -0.2) is 18.1 Å². The van der Waals surface area contributed by atoms with Crippen LogP contribution in [0.5, 0.6) is 0 Å². The van der Waals surface area contributed by atoms with Gasteiger partial charge in [0.25, 0.3) is 5.91 Å². The standard InChI is InChI=1S/C17H20N2O4S2/c1-12-2-4-13(5-3-12)8-16-18-15(10-24-16)17(20)19-25(21,22)11-14-6-7-23-9-14/h2-5,10,14H,6-9,11H2,1H3,(H,19,20)/t14-/m1/s1. The predicted octanol–water partition coefficient (Wildman–Crippen LogP) is 2.14. The fraction of sp³-hybridized carbons (Fsp3) is 0.412. The monoisotopic (exact) mass is 380 g/mol. The third-order valence-electron chi connectivity index (χ3n) is 3.99. The van der Waals surface area contributed by atoms with Crippen LogP contribution in [0.3, 0.4) is 0 Å². The van der Waals surface area contributed by atoms with E-state index in [2.05, 4.69) is 9.71 Å². The molecule has 0 aliphatic carbocycles. The Bertz CT molecular complexity index is 838. The van der Waals surface area contributed by atoms with E-state index >= 15 is 0 Å². The molecule has 6 nitrogen and oxygen atoms in total. The van der Waals surface area contributed by atoms with Crippen LogP contribution in [0, 0.1) is 12.8 Å². The molecule has 1 amide bonds. The van der Waals surface area contributed by atoms with Crippen LogP contribution in [0.4, 0.5) is 0 Å². The van der Waals surface area contributed by atoms with Crippen molar-refractivity contribution in [2.24, 2.45) is 5.92 Å². The highest BCUT2D eigenvalue weighted by Gasteiger charge is 2.25. The van der Waals surface area contributed by atoms with E-state index < -0.39 is 15.9 Å². The van der Waals surface area contributed by atoms with Crippen molar-refractivity contribution < 1.29 is 17.9 Å². The lowest BCUT2D eigenvalue weighted by molar-refractivity contribution is 0.0977. The first kappa shape index (κ1) is 18.0. The number of rotatable bonds is 6. The van der Waals surface area contributed by atoms with Gasteiger partial charge in [0.15, 0.2) is 0 Å². The van der Waals surface area contributed by atoms with Crippen molar-refractivity contribution in [3.05, 3.63) is 51.5 Å². The number of aromatic nitrogens is 1. The van der Waals surface area contributed by atoms with Crippen LogP contribution in [0.2, 0.25) is 0 Å². The summed E-state index contributed by atoms with van der Waals surface area (Å²) >= 11 is 1.35. The number of benzene rings is 1. The van der Waals surface area contributed by atoms with E-state index in [4.69, 9.17) is 4.74 Å². The average molecular weight is 380 g/mol. The lowest BCUT2D eigenvalue weighted by atomic mass is 10.1. The Morgan fingerprint density at radius 1 is 1.36 bits per heavy atom. The second kappa shape index (κ2) is 7.63. The summed E-state index contributed by atoms with van der Waals surface area (Å²) in [4.78, 5) is 16.4. The molecule has 2 aromatic rings. The van der Waals surface area contributed by atoms with Gasteiger partial charge in [0, 0.05) is 24.3 Å². The molecule has 1 aromatic heterocycles. The summed E-state index contributed by atoms with van der Waals surface area (Å²) in [5.74, 6) is -0.831. The lowest BCUT2D eigenvalue weighted by Crippen LogP contribution is -2.35. The number of aryl methyl sites for hydroxylation is 1. The molecule has 1 aliphatic heterocycles. The summed E-state index contributed by atoms with van der Waals surface area (Å²) in [5, 5.41) is 2.36. The molecular formula is C17H20N2O4S2. The van der Waals surface area contributed by atoms with Crippen LogP contribution in [0.25, 0.3) is 0 Å². The molecule has 0 radical (unpaired) electrons. The minimum atomic E-state index is -3.68. The van der Waals surface area contributed by atoms with Gasteiger partial charge < -0.3 is 4.74 Å². The maximum absolute atomic E-state index is 12.2. The van der Waals surface area contributed by atoms with Gasteiger partial charge in [-0.1, -0.05) is 29.8 Å². The Morgan fingerprint density at radius 2 is 2.12 bits per heavy atom. The normalized spacial score (nSPS) is 17.6. The van der Waals surface area contributed by atoms with Crippen molar-refractivity contribution in [2.45, 2.75) is 19.8 Å². The van der Waals surface area contributed by atoms with Crippen LogP contribution in [0.1, 0.15) is 33.0 Å². The van der Waals surface area contributed by atoms with E-state index in [9.17, 15) is 13.2 Å². The maximum atomic E-state index is 12.2. The highest BCUT2D eigenvalue weighted by Crippen LogP contribution is 2.17. The molecular weight excluding hydrogens is 360 g/mol.